The van der Waals surface area contributed by atoms with Gasteiger partial charge in [-0.05, 0) is 25.7 Å². The topological polar surface area (TPSA) is 63.8 Å². The molecule has 3 N–H and O–H groups in total. The van der Waals surface area contributed by atoms with Gasteiger partial charge in [-0.3, -0.25) is 0 Å². The van der Waals surface area contributed by atoms with E-state index in [0.717, 1.165) is 23.8 Å². The average molecular weight is 192 g/mol. The quantitative estimate of drug-likeness (QED) is 0.763. The number of nitrogen functional groups attached to an aromatic ring is 1. The average Bonchev–Trinajstić information content (AvgIpc) is 2.09. The van der Waals surface area contributed by atoms with E-state index < -0.39 is 0 Å². The van der Waals surface area contributed by atoms with Crippen LogP contribution in [0.1, 0.15) is 24.8 Å². The molecule has 0 spiro atoms. The first-order chi connectivity index (χ1) is 6.77. The molecule has 0 unspecified atom stereocenters. The summed E-state index contributed by atoms with van der Waals surface area (Å²) in [4.78, 5) is 8.09. The van der Waals surface area contributed by atoms with Gasteiger partial charge in [-0.25, -0.2) is 9.97 Å². The highest BCUT2D eigenvalue weighted by atomic mass is 15.0. The number of nitrogens with two attached hydrogens (primary N) is 1. The first kappa shape index (κ1) is 9.24. The van der Waals surface area contributed by atoms with E-state index in [-0.39, 0.29) is 0 Å². The monoisotopic (exact) mass is 192 g/mol. The van der Waals surface area contributed by atoms with Crippen molar-refractivity contribution < 1.29 is 0 Å². The lowest BCUT2D eigenvalue weighted by atomic mass is 9.85. The molecule has 2 rings (SSSR count). The van der Waals surface area contributed by atoms with Crippen LogP contribution in [0.25, 0.3) is 0 Å². The van der Waals surface area contributed by atoms with E-state index in [2.05, 4.69) is 15.3 Å². The lowest BCUT2D eigenvalue weighted by Crippen LogP contribution is -2.21. The van der Waals surface area contributed by atoms with Crippen LogP contribution in [0.3, 0.4) is 0 Å². The summed E-state index contributed by atoms with van der Waals surface area (Å²) in [6, 6.07) is 0. The summed E-state index contributed by atoms with van der Waals surface area (Å²) in [5, 5.41) is 3.32. The Bertz CT molecular complexity index is 320. The van der Waals surface area contributed by atoms with Gasteiger partial charge in [0, 0.05) is 12.1 Å². The van der Waals surface area contributed by atoms with E-state index in [9.17, 15) is 0 Å². The second-order valence-corrected chi connectivity index (χ2v) is 3.91. The first-order valence-corrected chi connectivity index (χ1v) is 5.08. The van der Waals surface area contributed by atoms with Crippen molar-refractivity contribution in [3.05, 3.63) is 11.9 Å². The van der Waals surface area contributed by atoms with E-state index in [1.165, 1.54) is 25.6 Å². The molecule has 0 aliphatic heterocycles. The van der Waals surface area contributed by atoms with Gasteiger partial charge in [0.2, 0.25) is 0 Å². The molecular formula is C10H16N4. The van der Waals surface area contributed by atoms with Crippen LogP contribution in [-0.4, -0.2) is 16.5 Å². The standard InChI is InChI=1S/C10H16N4/c1-7-9(11)13-6-14-10(7)12-5-8-3-2-4-8/h6,8H,2-5H2,1H3,(H3,11,12,13,14). The van der Waals surface area contributed by atoms with Crippen LogP contribution in [0, 0.1) is 12.8 Å². The summed E-state index contributed by atoms with van der Waals surface area (Å²) < 4.78 is 0. The van der Waals surface area contributed by atoms with Crippen molar-refractivity contribution in [1.82, 2.24) is 9.97 Å². The van der Waals surface area contributed by atoms with Gasteiger partial charge in [-0.1, -0.05) is 6.42 Å². The fourth-order valence-corrected chi connectivity index (χ4v) is 1.58. The second kappa shape index (κ2) is 3.82. The fraction of sp³-hybridized carbons (Fsp3) is 0.600. The van der Waals surface area contributed by atoms with Gasteiger partial charge in [0.15, 0.2) is 0 Å². The summed E-state index contributed by atoms with van der Waals surface area (Å²) in [5.41, 5.74) is 6.63. The van der Waals surface area contributed by atoms with Crippen LogP contribution >= 0.6 is 0 Å². The lowest BCUT2D eigenvalue weighted by Gasteiger charge is -2.25. The molecule has 1 aliphatic carbocycles. The zero-order valence-electron chi connectivity index (χ0n) is 8.45. The molecule has 0 saturated heterocycles. The Morgan fingerprint density at radius 1 is 1.50 bits per heavy atom. The predicted molar refractivity (Wildman–Crippen MR) is 57.0 cm³/mol. The number of anilines is 2. The smallest absolute Gasteiger partial charge is 0.134 e. The molecule has 0 aromatic carbocycles. The molecule has 0 amide bonds. The molecule has 76 valence electrons. The van der Waals surface area contributed by atoms with E-state index in [1.54, 1.807) is 0 Å². The number of nitrogens with zero attached hydrogens (tertiary/aromatic N) is 2. The molecule has 1 aromatic rings. The van der Waals surface area contributed by atoms with Crippen molar-refractivity contribution in [2.75, 3.05) is 17.6 Å². The van der Waals surface area contributed by atoms with Gasteiger partial charge < -0.3 is 11.1 Å². The molecule has 1 fully saturated rings. The van der Waals surface area contributed by atoms with Gasteiger partial charge in [0.25, 0.3) is 0 Å². The minimum Gasteiger partial charge on any atom is -0.383 e. The van der Waals surface area contributed by atoms with Crippen molar-refractivity contribution >= 4 is 11.6 Å². The Morgan fingerprint density at radius 2 is 2.29 bits per heavy atom. The molecule has 1 aromatic heterocycles. The largest absolute Gasteiger partial charge is 0.383 e. The summed E-state index contributed by atoms with van der Waals surface area (Å²) in [6.07, 6.45) is 5.56. The molecular weight excluding hydrogens is 176 g/mol. The number of rotatable bonds is 3. The van der Waals surface area contributed by atoms with Gasteiger partial charge in [0.1, 0.15) is 18.0 Å². The van der Waals surface area contributed by atoms with Gasteiger partial charge in [-0.2, -0.15) is 0 Å². The lowest BCUT2D eigenvalue weighted by molar-refractivity contribution is 0.333. The van der Waals surface area contributed by atoms with E-state index >= 15 is 0 Å². The van der Waals surface area contributed by atoms with Crippen LogP contribution in [-0.2, 0) is 0 Å². The van der Waals surface area contributed by atoms with Crippen LogP contribution in [0.5, 0.6) is 0 Å². The van der Waals surface area contributed by atoms with Gasteiger partial charge >= 0.3 is 0 Å². The van der Waals surface area contributed by atoms with E-state index in [1.807, 2.05) is 6.92 Å². The Morgan fingerprint density at radius 3 is 2.93 bits per heavy atom. The number of nitrogens with one attached hydrogen (secondary N) is 1. The second-order valence-electron chi connectivity index (χ2n) is 3.91. The van der Waals surface area contributed by atoms with E-state index in [0.29, 0.717) is 5.82 Å². The molecule has 0 radical (unpaired) electrons. The normalized spacial score (nSPS) is 16.4. The SMILES string of the molecule is Cc1c(N)ncnc1NCC1CCC1. The first-order valence-electron chi connectivity index (χ1n) is 5.08. The molecule has 1 aliphatic rings. The summed E-state index contributed by atoms with van der Waals surface area (Å²) in [5.74, 6) is 2.27. The summed E-state index contributed by atoms with van der Waals surface area (Å²) in [7, 11) is 0. The van der Waals surface area contributed by atoms with Crippen LogP contribution in [0.2, 0.25) is 0 Å². The van der Waals surface area contributed by atoms with Crippen LogP contribution in [0.15, 0.2) is 6.33 Å². The third kappa shape index (κ3) is 1.78. The molecule has 1 saturated carbocycles. The van der Waals surface area contributed by atoms with Crippen LogP contribution in [0.4, 0.5) is 11.6 Å². The Labute approximate surface area is 83.9 Å². The van der Waals surface area contributed by atoms with Crippen molar-refractivity contribution in [2.24, 2.45) is 5.92 Å². The molecule has 4 heteroatoms. The number of hydrogen-bond donors (Lipinski definition) is 2. The third-order valence-electron chi connectivity index (χ3n) is 2.91. The third-order valence-corrected chi connectivity index (χ3v) is 2.91. The van der Waals surface area contributed by atoms with Crippen LogP contribution < -0.4 is 11.1 Å². The Kier molecular flexibility index (Phi) is 2.52. The fourth-order valence-electron chi connectivity index (χ4n) is 1.58. The zero-order chi connectivity index (χ0) is 9.97. The highest BCUT2D eigenvalue weighted by Gasteiger charge is 2.17. The summed E-state index contributed by atoms with van der Waals surface area (Å²) in [6.45, 7) is 2.95. The maximum atomic E-state index is 5.68. The zero-order valence-corrected chi connectivity index (χ0v) is 8.45. The molecule has 4 nitrogen and oxygen atoms in total. The minimum atomic E-state index is 0.566. The Balaban J connectivity index is 1.97. The molecule has 14 heavy (non-hydrogen) atoms. The minimum absolute atomic E-state index is 0.566. The maximum absolute atomic E-state index is 5.68. The molecule has 0 atom stereocenters. The summed E-state index contributed by atoms with van der Waals surface area (Å²) >= 11 is 0. The van der Waals surface area contributed by atoms with Crippen molar-refractivity contribution in [1.29, 1.82) is 0 Å². The van der Waals surface area contributed by atoms with Gasteiger partial charge in [-0.15, -0.1) is 0 Å². The number of aromatic nitrogens is 2. The van der Waals surface area contributed by atoms with Crippen molar-refractivity contribution in [3.8, 4) is 0 Å². The molecule has 0 bridgehead atoms. The highest BCUT2D eigenvalue weighted by molar-refractivity contribution is 5.53. The highest BCUT2D eigenvalue weighted by Crippen LogP contribution is 2.26. The van der Waals surface area contributed by atoms with Crippen molar-refractivity contribution in [2.45, 2.75) is 26.2 Å². The number of hydrogen-bond acceptors (Lipinski definition) is 4. The molecule has 1 heterocycles. The van der Waals surface area contributed by atoms with E-state index in [4.69, 9.17) is 5.73 Å². The van der Waals surface area contributed by atoms with Gasteiger partial charge in [0.05, 0.1) is 0 Å². The maximum Gasteiger partial charge on any atom is 0.134 e. The Hall–Kier alpha value is -1.32. The predicted octanol–water partition coefficient (Wildman–Crippen LogP) is 1.58. The van der Waals surface area contributed by atoms with Crippen molar-refractivity contribution in [3.63, 3.8) is 0 Å².